The molecule has 0 aliphatic rings. The van der Waals surface area contributed by atoms with Gasteiger partial charge in [0.15, 0.2) is 12.4 Å². The van der Waals surface area contributed by atoms with E-state index < -0.39 is 0 Å². The van der Waals surface area contributed by atoms with Crippen molar-refractivity contribution in [1.29, 1.82) is 0 Å². The van der Waals surface area contributed by atoms with Gasteiger partial charge < -0.3 is 4.90 Å². The molecule has 2 aromatic rings. The van der Waals surface area contributed by atoms with E-state index in [9.17, 15) is 0 Å². The lowest BCUT2D eigenvalue weighted by Crippen LogP contribution is -2.32. The number of pyridine rings is 1. The molecule has 0 N–H and O–H groups in total. The highest BCUT2D eigenvalue weighted by Gasteiger charge is 2.01. The van der Waals surface area contributed by atoms with Gasteiger partial charge in [-0.1, -0.05) is 96.8 Å². The Morgan fingerprint density at radius 3 is 1.37 bits per heavy atom. The second-order valence-corrected chi connectivity index (χ2v) is 10.2. The number of hydrogen-bond donors (Lipinski definition) is 0. The van der Waals surface area contributed by atoms with E-state index >= 15 is 0 Å². The SMILES string of the molecule is CCCCCCCCCCCCCCCCCC[n+]1ccc(N=Nc2ccc(N(C)C)cc2)cc1. The summed E-state index contributed by atoms with van der Waals surface area (Å²) in [7, 11) is 4.07. The first-order chi connectivity index (χ1) is 17.2. The molecule has 0 saturated carbocycles. The fourth-order valence-electron chi connectivity index (χ4n) is 4.44. The van der Waals surface area contributed by atoms with Crippen molar-refractivity contribution in [3.05, 3.63) is 48.8 Å². The van der Waals surface area contributed by atoms with Crippen molar-refractivity contribution in [1.82, 2.24) is 0 Å². The molecule has 1 aromatic heterocycles. The summed E-state index contributed by atoms with van der Waals surface area (Å²) < 4.78 is 2.26. The minimum absolute atomic E-state index is 0.875. The predicted molar refractivity (Wildman–Crippen MR) is 151 cm³/mol. The molecular formula is C31H51N4+. The number of unbranched alkanes of at least 4 members (excludes halogenated alkanes) is 15. The maximum atomic E-state index is 4.37. The van der Waals surface area contributed by atoms with E-state index in [1.165, 1.54) is 108 Å². The molecular weight excluding hydrogens is 428 g/mol. The summed E-state index contributed by atoms with van der Waals surface area (Å²) in [5.41, 5.74) is 2.93. The molecule has 4 heteroatoms. The van der Waals surface area contributed by atoms with Crippen LogP contribution in [0.4, 0.5) is 17.1 Å². The Labute approximate surface area is 215 Å². The first-order valence-electron chi connectivity index (χ1n) is 14.4. The molecule has 35 heavy (non-hydrogen) atoms. The van der Waals surface area contributed by atoms with Crippen LogP contribution in [-0.4, -0.2) is 14.1 Å². The van der Waals surface area contributed by atoms with Crippen molar-refractivity contribution in [2.75, 3.05) is 19.0 Å². The normalized spacial score (nSPS) is 11.4. The molecule has 0 amide bonds. The van der Waals surface area contributed by atoms with E-state index in [0.29, 0.717) is 0 Å². The topological polar surface area (TPSA) is 31.8 Å². The van der Waals surface area contributed by atoms with Gasteiger partial charge in [-0.2, -0.15) is 10.2 Å². The van der Waals surface area contributed by atoms with Crippen LogP contribution >= 0.6 is 0 Å². The molecule has 0 bridgehead atoms. The van der Waals surface area contributed by atoms with Crippen molar-refractivity contribution >= 4 is 17.1 Å². The summed E-state index contributed by atoms with van der Waals surface area (Å²) in [5.74, 6) is 0. The van der Waals surface area contributed by atoms with Crippen molar-refractivity contribution in [2.45, 2.75) is 116 Å². The van der Waals surface area contributed by atoms with Crippen molar-refractivity contribution in [3.63, 3.8) is 0 Å². The fraction of sp³-hybridized carbons (Fsp3) is 0.645. The highest BCUT2D eigenvalue weighted by Crippen LogP contribution is 2.20. The van der Waals surface area contributed by atoms with E-state index in [-0.39, 0.29) is 0 Å². The van der Waals surface area contributed by atoms with Crippen molar-refractivity contribution < 1.29 is 4.57 Å². The van der Waals surface area contributed by atoms with Gasteiger partial charge in [-0.3, -0.25) is 0 Å². The number of hydrogen-bond acceptors (Lipinski definition) is 3. The van der Waals surface area contributed by atoms with Gasteiger partial charge in [0, 0.05) is 38.3 Å². The average Bonchev–Trinajstić information content (AvgIpc) is 2.88. The van der Waals surface area contributed by atoms with Crippen LogP contribution in [0.15, 0.2) is 59.0 Å². The largest absolute Gasteiger partial charge is 0.378 e. The lowest BCUT2D eigenvalue weighted by atomic mass is 10.0. The second-order valence-electron chi connectivity index (χ2n) is 10.2. The summed E-state index contributed by atoms with van der Waals surface area (Å²) in [6, 6.07) is 12.2. The number of aryl methyl sites for hydroxylation is 1. The van der Waals surface area contributed by atoms with Gasteiger partial charge in [0.2, 0.25) is 0 Å². The summed E-state index contributed by atoms with van der Waals surface area (Å²) in [4.78, 5) is 2.08. The number of benzene rings is 1. The quantitative estimate of drug-likeness (QED) is 0.106. The Morgan fingerprint density at radius 1 is 0.543 bits per heavy atom. The van der Waals surface area contributed by atoms with Crippen molar-refractivity contribution in [3.8, 4) is 0 Å². The molecule has 0 saturated heterocycles. The predicted octanol–water partition coefficient (Wildman–Crippen LogP) is 9.72. The molecule has 0 fully saturated rings. The smallest absolute Gasteiger partial charge is 0.171 e. The third-order valence-electron chi connectivity index (χ3n) is 6.79. The van der Waals surface area contributed by atoms with Crippen LogP contribution in [0.1, 0.15) is 110 Å². The van der Waals surface area contributed by atoms with Crippen LogP contribution in [0.5, 0.6) is 0 Å². The van der Waals surface area contributed by atoms with Gasteiger partial charge in [0.1, 0.15) is 6.54 Å². The number of anilines is 1. The van der Waals surface area contributed by atoms with Gasteiger partial charge in [0.25, 0.3) is 0 Å². The van der Waals surface area contributed by atoms with Crippen LogP contribution in [0.25, 0.3) is 0 Å². The van der Waals surface area contributed by atoms with Crippen LogP contribution < -0.4 is 9.47 Å². The molecule has 0 atom stereocenters. The molecule has 1 aromatic carbocycles. The van der Waals surface area contributed by atoms with Gasteiger partial charge in [-0.05, 0) is 30.7 Å². The lowest BCUT2D eigenvalue weighted by molar-refractivity contribution is -0.697. The Bertz CT molecular complexity index is 781. The number of aromatic nitrogens is 1. The minimum Gasteiger partial charge on any atom is -0.378 e. The summed E-state index contributed by atoms with van der Waals surface area (Å²) in [6.07, 6.45) is 26.8. The standard InChI is InChI=1S/C31H51N4/c1-4-5-6-7-8-9-10-11-12-13-14-15-16-17-18-19-26-35-27-24-30(25-28-35)33-32-29-20-22-31(23-21-29)34(2)3/h20-25,27-28H,4-19,26H2,1-3H3/q+1. The minimum atomic E-state index is 0.875. The third kappa shape index (κ3) is 14.0. The highest BCUT2D eigenvalue weighted by molar-refractivity contribution is 5.51. The number of nitrogens with zero attached hydrogens (tertiary/aromatic N) is 4. The van der Waals surface area contributed by atoms with E-state index in [4.69, 9.17) is 0 Å². The van der Waals surface area contributed by atoms with Gasteiger partial charge >= 0.3 is 0 Å². The van der Waals surface area contributed by atoms with E-state index in [2.05, 4.69) is 51.1 Å². The second kappa shape index (κ2) is 19.0. The van der Waals surface area contributed by atoms with Crippen molar-refractivity contribution in [2.24, 2.45) is 10.2 Å². The highest BCUT2D eigenvalue weighted by atomic mass is 15.1. The summed E-state index contributed by atoms with van der Waals surface area (Å²) >= 11 is 0. The van der Waals surface area contributed by atoms with Gasteiger partial charge in [0.05, 0.1) is 11.4 Å². The Morgan fingerprint density at radius 2 is 0.943 bits per heavy atom. The zero-order valence-corrected chi connectivity index (χ0v) is 22.9. The first kappa shape index (κ1) is 29.0. The van der Waals surface area contributed by atoms with Crippen LogP contribution in [0.3, 0.4) is 0 Å². The Balaban J connectivity index is 1.44. The molecule has 4 nitrogen and oxygen atoms in total. The van der Waals surface area contributed by atoms with Crippen LogP contribution in [-0.2, 0) is 6.54 Å². The molecule has 0 aliphatic heterocycles. The van der Waals surface area contributed by atoms with Gasteiger partial charge in [-0.15, -0.1) is 0 Å². The van der Waals surface area contributed by atoms with Gasteiger partial charge in [-0.25, -0.2) is 4.57 Å². The van der Waals surface area contributed by atoms with Crippen LogP contribution in [0, 0.1) is 0 Å². The van der Waals surface area contributed by atoms with E-state index in [0.717, 1.165) is 17.9 Å². The molecule has 2 rings (SSSR count). The maximum absolute atomic E-state index is 4.37. The molecule has 0 aliphatic carbocycles. The monoisotopic (exact) mass is 479 g/mol. The molecule has 1 heterocycles. The Kier molecular flexibility index (Phi) is 15.8. The fourth-order valence-corrected chi connectivity index (χ4v) is 4.44. The zero-order chi connectivity index (χ0) is 25.0. The molecule has 0 spiro atoms. The lowest BCUT2D eigenvalue weighted by Gasteiger charge is -2.11. The third-order valence-corrected chi connectivity index (χ3v) is 6.79. The first-order valence-corrected chi connectivity index (χ1v) is 14.4. The van der Waals surface area contributed by atoms with E-state index in [1.54, 1.807) is 0 Å². The average molecular weight is 480 g/mol. The molecule has 0 radical (unpaired) electrons. The number of azo groups is 1. The summed E-state index contributed by atoms with van der Waals surface area (Å²) in [5, 5.41) is 8.72. The number of rotatable bonds is 20. The molecule has 0 unspecified atom stereocenters. The Hall–Kier alpha value is -2.23. The maximum Gasteiger partial charge on any atom is 0.171 e. The summed E-state index contributed by atoms with van der Waals surface area (Å²) in [6.45, 7) is 3.38. The van der Waals surface area contributed by atoms with E-state index in [1.807, 2.05) is 38.4 Å². The van der Waals surface area contributed by atoms with Crippen LogP contribution in [0.2, 0.25) is 0 Å². The zero-order valence-electron chi connectivity index (χ0n) is 22.9. The molecule has 194 valence electrons.